The minimum absolute atomic E-state index is 0.0844. The lowest BCUT2D eigenvalue weighted by atomic mass is 10.00. The van der Waals surface area contributed by atoms with Gasteiger partial charge in [-0.25, -0.2) is 0 Å². The van der Waals surface area contributed by atoms with Gasteiger partial charge in [0.05, 0.1) is 13.2 Å². The molecule has 0 fully saturated rings. The SMILES string of the molecule is NCCCCCCC(=O)N[C@@H](COCc1ccccc1)C(=O)NC(Cc1ccc2ccccc2c1)C(=O)N[C@@H](CCCN=C(N)N)C(N)=O. The Morgan fingerprint density at radius 1 is 0.694 bits per heavy atom. The molecule has 13 heteroatoms. The van der Waals surface area contributed by atoms with E-state index >= 15 is 0 Å². The van der Waals surface area contributed by atoms with Crippen molar-refractivity contribution in [1.29, 1.82) is 0 Å². The van der Waals surface area contributed by atoms with Crippen molar-refractivity contribution in [2.45, 2.75) is 76.1 Å². The van der Waals surface area contributed by atoms with E-state index in [1.807, 2.05) is 72.8 Å². The van der Waals surface area contributed by atoms with Gasteiger partial charge < -0.3 is 43.6 Å². The number of benzene rings is 3. The van der Waals surface area contributed by atoms with E-state index in [1.54, 1.807) is 0 Å². The number of guanidine groups is 1. The first-order chi connectivity index (χ1) is 23.7. The lowest BCUT2D eigenvalue weighted by molar-refractivity contribution is -0.134. The van der Waals surface area contributed by atoms with E-state index in [4.69, 9.17) is 27.7 Å². The van der Waals surface area contributed by atoms with Gasteiger partial charge in [-0.1, -0.05) is 85.6 Å². The molecule has 0 bridgehead atoms. The van der Waals surface area contributed by atoms with Gasteiger partial charge in [0.25, 0.3) is 0 Å². The Labute approximate surface area is 287 Å². The van der Waals surface area contributed by atoms with Crippen LogP contribution in [0.25, 0.3) is 10.8 Å². The number of hydrogen-bond donors (Lipinski definition) is 7. The Morgan fingerprint density at radius 2 is 1.37 bits per heavy atom. The van der Waals surface area contributed by atoms with Crippen molar-refractivity contribution in [1.82, 2.24) is 16.0 Å². The molecule has 3 rings (SSSR count). The van der Waals surface area contributed by atoms with Crippen LogP contribution in [0.2, 0.25) is 0 Å². The zero-order valence-corrected chi connectivity index (χ0v) is 27.9. The van der Waals surface area contributed by atoms with Gasteiger partial charge in [0, 0.05) is 19.4 Å². The predicted octanol–water partition coefficient (Wildman–Crippen LogP) is 1.50. The molecule has 3 aromatic carbocycles. The number of carbonyl (C=O) groups excluding carboxylic acids is 4. The van der Waals surface area contributed by atoms with Gasteiger partial charge >= 0.3 is 0 Å². The summed E-state index contributed by atoms with van der Waals surface area (Å²) in [6.07, 6.45) is 4.19. The first-order valence-electron chi connectivity index (χ1n) is 16.7. The zero-order valence-electron chi connectivity index (χ0n) is 27.9. The van der Waals surface area contributed by atoms with Crippen LogP contribution in [0.5, 0.6) is 0 Å². The third kappa shape index (κ3) is 14.3. The minimum Gasteiger partial charge on any atom is -0.374 e. The maximum absolute atomic E-state index is 13.8. The first-order valence-corrected chi connectivity index (χ1v) is 16.7. The minimum atomic E-state index is -1.11. The van der Waals surface area contributed by atoms with E-state index in [2.05, 4.69) is 20.9 Å². The number of fused-ring (bicyclic) bond motifs is 1. The average Bonchev–Trinajstić information content (AvgIpc) is 3.08. The summed E-state index contributed by atoms with van der Waals surface area (Å²) in [5.41, 5.74) is 23.6. The molecule has 1 unspecified atom stereocenters. The van der Waals surface area contributed by atoms with Crippen LogP contribution in [0.4, 0.5) is 0 Å². The standard InChI is InChI=1S/C36H50N8O5/c37-19-9-2-1-6-16-32(45)42-31(24-49-23-25-11-4-3-5-12-25)35(48)44-30(22-26-17-18-27-13-7-8-14-28(27)21-26)34(47)43-29(33(38)46)15-10-20-41-36(39)40/h3-5,7-8,11-14,17-18,21,29-31H,1-2,6,9-10,15-16,19-20,22-24,37H2,(H2,38,46)(H,42,45)(H,43,47)(H,44,48)(H4,39,40,41)/t29-,30?,31-/m0/s1. The Bertz CT molecular complexity index is 1530. The number of rotatable bonds is 22. The van der Waals surface area contributed by atoms with Crippen LogP contribution in [0.1, 0.15) is 56.1 Å². The van der Waals surface area contributed by atoms with Crippen molar-refractivity contribution in [3.05, 3.63) is 83.9 Å². The number of nitrogens with one attached hydrogen (secondary N) is 3. The van der Waals surface area contributed by atoms with Crippen LogP contribution in [-0.4, -0.2) is 67.4 Å². The van der Waals surface area contributed by atoms with Crippen molar-refractivity contribution in [2.75, 3.05) is 19.7 Å². The molecule has 0 spiro atoms. The molecule has 0 aromatic heterocycles. The van der Waals surface area contributed by atoms with Gasteiger partial charge in [-0.05, 0) is 54.1 Å². The second kappa shape index (κ2) is 21.1. The highest BCUT2D eigenvalue weighted by Gasteiger charge is 2.29. The molecule has 0 heterocycles. The number of nitrogens with zero attached hydrogens (tertiary/aromatic N) is 1. The number of hydrogen-bond acceptors (Lipinski definition) is 7. The number of nitrogens with two attached hydrogens (primary N) is 4. The Morgan fingerprint density at radius 3 is 2.08 bits per heavy atom. The van der Waals surface area contributed by atoms with E-state index in [9.17, 15) is 19.2 Å². The molecule has 264 valence electrons. The van der Waals surface area contributed by atoms with Crippen molar-refractivity contribution in [2.24, 2.45) is 27.9 Å². The lowest BCUT2D eigenvalue weighted by Crippen LogP contribution is -2.57. The quantitative estimate of drug-likeness (QED) is 0.0468. The van der Waals surface area contributed by atoms with Crippen molar-refractivity contribution in [3.63, 3.8) is 0 Å². The summed E-state index contributed by atoms with van der Waals surface area (Å²) >= 11 is 0. The van der Waals surface area contributed by atoms with E-state index in [-0.39, 0.29) is 50.9 Å². The predicted molar refractivity (Wildman–Crippen MR) is 191 cm³/mol. The summed E-state index contributed by atoms with van der Waals surface area (Å²) in [6, 6.07) is 19.8. The molecule has 3 aromatic rings. The highest BCUT2D eigenvalue weighted by Crippen LogP contribution is 2.17. The number of aliphatic imine (C=N–C) groups is 1. The molecule has 0 saturated carbocycles. The van der Waals surface area contributed by atoms with Crippen molar-refractivity contribution < 1.29 is 23.9 Å². The summed E-state index contributed by atoms with van der Waals surface area (Å²) in [5.74, 6) is -2.34. The summed E-state index contributed by atoms with van der Waals surface area (Å²) in [6.45, 7) is 0.940. The number of primary amides is 1. The normalized spacial score (nSPS) is 12.8. The highest BCUT2D eigenvalue weighted by atomic mass is 16.5. The van der Waals surface area contributed by atoms with Gasteiger partial charge in [0.2, 0.25) is 23.6 Å². The third-order valence-electron chi connectivity index (χ3n) is 7.90. The van der Waals surface area contributed by atoms with Gasteiger partial charge in [0.1, 0.15) is 18.1 Å². The highest BCUT2D eigenvalue weighted by molar-refractivity contribution is 5.94. The van der Waals surface area contributed by atoms with Crippen LogP contribution in [0.15, 0.2) is 77.8 Å². The van der Waals surface area contributed by atoms with E-state index in [1.165, 1.54) is 0 Å². The third-order valence-corrected chi connectivity index (χ3v) is 7.90. The summed E-state index contributed by atoms with van der Waals surface area (Å²) in [4.78, 5) is 56.7. The second-order valence-corrected chi connectivity index (χ2v) is 11.9. The van der Waals surface area contributed by atoms with E-state index in [0.717, 1.165) is 41.2 Å². The van der Waals surface area contributed by atoms with Crippen LogP contribution in [0.3, 0.4) is 0 Å². The maximum Gasteiger partial charge on any atom is 0.245 e. The van der Waals surface area contributed by atoms with Crippen molar-refractivity contribution in [3.8, 4) is 0 Å². The fourth-order valence-corrected chi connectivity index (χ4v) is 5.25. The fourth-order valence-electron chi connectivity index (χ4n) is 5.25. The zero-order chi connectivity index (χ0) is 35.4. The molecule has 0 aliphatic carbocycles. The first kappa shape index (κ1) is 38.4. The van der Waals surface area contributed by atoms with Gasteiger partial charge in [-0.15, -0.1) is 0 Å². The largest absolute Gasteiger partial charge is 0.374 e. The summed E-state index contributed by atoms with van der Waals surface area (Å²) in [5, 5.41) is 10.3. The van der Waals surface area contributed by atoms with E-state index in [0.29, 0.717) is 19.4 Å². The summed E-state index contributed by atoms with van der Waals surface area (Å²) < 4.78 is 5.86. The van der Waals surface area contributed by atoms with Crippen LogP contribution in [0, 0.1) is 0 Å². The van der Waals surface area contributed by atoms with Gasteiger partial charge in [-0.3, -0.25) is 24.2 Å². The number of unbranched alkanes of at least 4 members (excludes halogenated alkanes) is 3. The van der Waals surface area contributed by atoms with Crippen molar-refractivity contribution >= 4 is 40.4 Å². The molecule has 13 nitrogen and oxygen atoms in total. The topological polar surface area (TPSA) is 230 Å². The summed E-state index contributed by atoms with van der Waals surface area (Å²) in [7, 11) is 0. The molecule has 0 aliphatic rings. The molecule has 11 N–H and O–H groups in total. The molecule has 0 radical (unpaired) electrons. The van der Waals surface area contributed by atoms with Gasteiger partial charge in [-0.2, -0.15) is 0 Å². The monoisotopic (exact) mass is 674 g/mol. The van der Waals surface area contributed by atoms with Crippen LogP contribution in [-0.2, 0) is 36.9 Å². The smallest absolute Gasteiger partial charge is 0.245 e. The van der Waals surface area contributed by atoms with Crippen LogP contribution < -0.4 is 38.9 Å². The maximum atomic E-state index is 13.8. The molecule has 0 aliphatic heterocycles. The molecular weight excluding hydrogens is 624 g/mol. The fraction of sp³-hybridized carbons (Fsp3) is 0.417. The molecule has 3 atom stereocenters. The van der Waals surface area contributed by atoms with Gasteiger partial charge in [0.15, 0.2) is 5.96 Å². The Hall–Kier alpha value is -5.01. The Kier molecular flexibility index (Phi) is 16.5. The molecule has 0 saturated heterocycles. The van der Waals surface area contributed by atoms with Crippen LogP contribution >= 0.6 is 0 Å². The van der Waals surface area contributed by atoms with E-state index < -0.39 is 35.8 Å². The molecule has 49 heavy (non-hydrogen) atoms. The number of ether oxygens (including phenoxy) is 1. The molecule has 4 amide bonds. The molecular formula is C36H50N8O5. The number of carbonyl (C=O) groups is 4. The lowest BCUT2D eigenvalue weighted by Gasteiger charge is -2.25. The Balaban J connectivity index is 1.79. The second-order valence-electron chi connectivity index (χ2n) is 11.9. The average molecular weight is 675 g/mol. The number of amides is 4.